The number of methoxy groups -OCH3 is 1. The van der Waals surface area contributed by atoms with Crippen LogP contribution in [0.3, 0.4) is 0 Å². The fourth-order valence-electron chi connectivity index (χ4n) is 5.53. The summed E-state index contributed by atoms with van der Waals surface area (Å²) < 4.78 is 33.3. The van der Waals surface area contributed by atoms with Crippen molar-refractivity contribution in [2.45, 2.75) is 42.2 Å². The van der Waals surface area contributed by atoms with Crippen LogP contribution in [0.4, 0.5) is 0 Å². The van der Waals surface area contributed by atoms with Crippen molar-refractivity contribution in [2.24, 2.45) is 5.41 Å². The molecule has 0 N–H and O–H groups in total. The number of hydrogen-bond acceptors (Lipinski definition) is 7. The quantitative estimate of drug-likeness (QED) is 0.378. The third kappa shape index (κ3) is 2.73. The maximum Gasteiger partial charge on any atom is 0.327 e. The summed E-state index contributed by atoms with van der Waals surface area (Å²) in [5.74, 6) is -1.96. The van der Waals surface area contributed by atoms with E-state index in [1.807, 2.05) is 19.1 Å². The molecule has 1 aliphatic carbocycles. The second-order valence-electron chi connectivity index (χ2n) is 8.72. The number of nitrogens with zero attached hydrogens (tertiary/aromatic N) is 3. The second-order valence-corrected chi connectivity index (χ2v) is 10.5. The Kier molecular flexibility index (Phi) is 4.97. The molecule has 0 amide bonds. The third-order valence-corrected chi connectivity index (χ3v) is 9.07. The molecule has 5 atom stereocenters. The number of esters is 1. The molecule has 1 saturated carbocycles. The van der Waals surface area contributed by atoms with Gasteiger partial charge in [-0.3, -0.25) is 4.79 Å². The number of sulfonamides is 1. The lowest BCUT2D eigenvalue weighted by Crippen LogP contribution is -2.44. The lowest BCUT2D eigenvalue weighted by molar-refractivity contribution is -0.151. The van der Waals surface area contributed by atoms with Crippen molar-refractivity contribution in [1.29, 1.82) is 10.5 Å². The highest BCUT2D eigenvalue weighted by Gasteiger charge is 2.90. The second kappa shape index (κ2) is 7.24. The number of piperidine rings is 1. The summed E-state index contributed by atoms with van der Waals surface area (Å²) in [6.07, 6.45) is 0.321. The monoisotopic (exact) mass is 463 g/mol. The van der Waals surface area contributed by atoms with Gasteiger partial charge in [0.15, 0.2) is 5.41 Å². The molecule has 0 bridgehead atoms. The van der Waals surface area contributed by atoms with Gasteiger partial charge in [-0.05, 0) is 50.1 Å². The van der Waals surface area contributed by atoms with Gasteiger partial charge in [-0.2, -0.15) is 14.8 Å². The molecule has 0 aromatic heterocycles. The van der Waals surface area contributed by atoms with Crippen molar-refractivity contribution in [3.8, 4) is 12.1 Å². The Bertz CT molecular complexity index is 1340. The van der Waals surface area contributed by atoms with Crippen LogP contribution in [0.25, 0.3) is 0 Å². The van der Waals surface area contributed by atoms with Gasteiger partial charge in [0.25, 0.3) is 0 Å². The number of hydrogen-bond donors (Lipinski definition) is 0. The fraction of sp³-hybridized carbons (Fsp3) is 0.333. The van der Waals surface area contributed by atoms with Crippen LogP contribution in [0, 0.1) is 35.0 Å². The summed E-state index contributed by atoms with van der Waals surface area (Å²) >= 11 is 0. The zero-order valence-corrected chi connectivity index (χ0v) is 19.1. The Morgan fingerprint density at radius 3 is 2.24 bits per heavy atom. The van der Waals surface area contributed by atoms with Gasteiger partial charge >= 0.3 is 5.97 Å². The molecule has 4 rings (SSSR count). The number of carbonyl (C=O) groups excluding carboxylic acids is 2. The summed E-state index contributed by atoms with van der Waals surface area (Å²) in [4.78, 5) is 25.7. The molecule has 2 aromatic rings. The number of aldehydes is 1. The van der Waals surface area contributed by atoms with Crippen LogP contribution in [0.2, 0.25) is 0 Å². The van der Waals surface area contributed by atoms with E-state index in [0.717, 1.165) is 17.0 Å². The molecule has 1 saturated heterocycles. The highest BCUT2D eigenvalue weighted by atomic mass is 32.2. The maximum atomic E-state index is 13.6. The minimum atomic E-state index is -4.13. The number of nitriles is 2. The van der Waals surface area contributed by atoms with Gasteiger partial charge in [0.1, 0.15) is 11.8 Å². The number of benzene rings is 2. The van der Waals surface area contributed by atoms with Crippen molar-refractivity contribution in [1.82, 2.24) is 4.31 Å². The van der Waals surface area contributed by atoms with E-state index in [1.54, 1.807) is 31.2 Å². The molecule has 2 aliphatic rings. The smallest absolute Gasteiger partial charge is 0.327 e. The lowest BCUT2D eigenvalue weighted by Gasteiger charge is -2.33. The van der Waals surface area contributed by atoms with Crippen molar-refractivity contribution in [2.75, 3.05) is 7.11 Å². The number of carbonyl (C=O) groups is 2. The zero-order valence-electron chi connectivity index (χ0n) is 18.3. The third-order valence-electron chi connectivity index (χ3n) is 7.01. The van der Waals surface area contributed by atoms with E-state index in [1.165, 1.54) is 24.3 Å². The topological polar surface area (TPSA) is 128 Å². The molecule has 2 fully saturated rings. The molecular weight excluding hydrogens is 442 g/mol. The largest absolute Gasteiger partial charge is 0.468 e. The number of fused-ring (bicyclic) bond motifs is 1. The predicted octanol–water partition coefficient (Wildman–Crippen LogP) is 2.44. The van der Waals surface area contributed by atoms with E-state index in [4.69, 9.17) is 10.00 Å². The zero-order chi connectivity index (χ0) is 24.2. The molecule has 1 unspecified atom stereocenters. The van der Waals surface area contributed by atoms with Gasteiger partial charge in [0.05, 0.1) is 35.2 Å². The average Bonchev–Trinajstić information content (AvgIpc) is 3.27. The van der Waals surface area contributed by atoms with Crippen LogP contribution in [0.1, 0.15) is 36.0 Å². The van der Waals surface area contributed by atoms with Crippen LogP contribution < -0.4 is 0 Å². The van der Waals surface area contributed by atoms with Crippen LogP contribution in [-0.4, -0.2) is 43.2 Å². The van der Waals surface area contributed by atoms with Crippen molar-refractivity contribution in [3.63, 3.8) is 0 Å². The Hall–Kier alpha value is -3.53. The van der Waals surface area contributed by atoms with E-state index < -0.39 is 38.4 Å². The minimum Gasteiger partial charge on any atom is -0.468 e. The first-order valence-electron chi connectivity index (χ1n) is 10.2. The highest BCUT2D eigenvalue weighted by molar-refractivity contribution is 7.89. The van der Waals surface area contributed by atoms with Gasteiger partial charge in [0, 0.05) is 5.92 Å². The average molecular weight is 464 g/mol. The number of ether oxygens (including phenoxy) is 1. The van der Waals surface area contributed by atoms with E-state index in [2.05, 4.69) is 0 Å². The molecule has 0 spiro atoms. The maximum absolute atomic E-state index is 13.6. The molecule has 2 aromatic carbocycles. The van der Waals surface area contributed by atoms with Crippen molar-refractivity contribution >= 4 is 22.3 Å². The summed E-state index contributed by atoms with van der Waals surface area (Å²) in [7, 11) is -2.98. The van der Waals surface area contributed by atoms with Gasteiger partial charge < -0.3 is 9.53 Å². The van der Waals surface area contributed by atoms with Crippen molar-refractivity contribution in [3.05, 3.63) is 65.2 Å². The first kappa shape index (κ1) is 22.7. The minimum absolute atomic E-state index is 0.0177. The molecule has 9 heteroatoms. The van der Waals surface area contributed by atoms with E-state index in [0.29, 0.717) is 17.4 Å². The van der Waals surface area contributed by atoms with Gasteiger partial charge in [0.2, 0.25) is 10.0 Å². The normalized spacial score (nSPS) is 32.2. The lowest BCUT2D eigenvalue weighted by atomic mass is 9.71. The number of rotatable bonds is 5. The van der Waals surface area contributed by atoms with Crippen LogP contribution in [0.15, 0.2) is 53.4 Å². The van der Waals surface area contributed by atoms with Gasteiger partial charge in [-0.15, -0.1) is 0 Å². The first-order valence-corrected chi connectivity index (χ1v) is 11.6. The summed E-state index contributed by atoms with van der Waals surface area (Å²) in [6, 6.07) is 16.4. The summed E-state index contributed by atoms with van der Waals surface area (Å²) in [5.41, 5.74) is -3.15. The standard InChI is InChI=1S/C24H21N3O5S/c1-16-4-10-19(11-5-16)33(30,31)27-22(2)13-23(14-26,21(29)32-3)20(24(22,27)15-28)18-8-6-17(12-25)7-9-18/h4-11,15,20H,13H2,1-3H3/t20-,22-,23-,24+,27?/m0/s1. The molecule has 1 aliphatic heterocycles. The number of aryl methyl sites for hydroxylation is 1. The summed E-state index contributed by atoms with van der Waals surface area (Å²) in [6.45, 7) is 3.40. The molecule has 1 heterocycles. The van der Waals surface area contributed by atoms with Gasteiger partial charge in [-0.1, -0.05) is 29.8 Å². The van der Waals surface area contributed by atoms with Crippen molar-refractivity contribution < 1.29 is 22.7 Å². The molecular formula is C24H21N3O5S. The Morgan fingerprint density at radius 2 is 1.76 bits per heavy atom. The molecule has 168 valence electrons. The van der Waals surface area contributed by atoms with E-state index in [9.17, 15) is 23.3 Å². The van der Waals surface area contributed by atoms with Crippen LogP contribution >= 0.6 is 0 Å². The van der Waals surface area contributed by atoms with Gasteiger partial charge in [-0.25, -0.2) is 8.42 Å². The molecule has 0 radical (unpaired) electrons. The van der Waals surface area contributed by atoms with Crippen LogP contribution in [-0.2, 0) is 24.3 Å². The van der Waals surface area contributed by atoms with E-state index in [-0.39, 0.29) is 11.3 Å². The predicted molar refractivity (Wildman–Crippen MR) is 116 cm³/mol. The Balaban J connectivity index is 1.94. The van der Waals surface area contributed by atoms with Crippen LogP contribution in [0.5, 0.6) is 0 Å². The first-order chi connectivity index (χ1) is 15.6. The molecule has 8 nitrogen and oxygen atoms in total. The summed E-state index contributed by atoms with van der Waals surface area (Å²) in [5, 5.41) is 19.3. The highest BCUT2D eigenvalue weighted by Crippen LogP contribution is 2.74. The fourth-order valence-corrected chi connectivity index (χ4v) is 7.66. The van der Waals surface area contributed by atoms with E-state index >= 15 is 0 Å². The molecule has 33 heavy (non-hydrogen) atoms. The Labute approximate surface area is 192 Å². The SMILES string of the molecule is COC(=O)[C@]1(C#N)C[C@]2(C)N(S(=O)(=O)c3ccc(C)cc3)[C@]2(C=O)[C@H]1c1ccc(C#N)cc1. The Morgan fingerprint density at radius 1 is 1.15 bits per heavy atom.